The van der Waals surface area contributed by atoms with Crippen LogP contribution in [0, 0.1) is 0 Å². The zero-order chi connectivity index (χ0) is 14.1. The molecule has 2 heterocycles. The van der Waals surface area contributed by atoms with E-state index in [-0.39, 0.29) is 30.5 Å². The minimum absolute atomic E-state index is 0.173. The van der Waals surface area contributed by atoms with Crippen molar-refractivity contribution in [2.24, 2.45) is 0 Å². The summed E-state index contributed by atoms with van der Waals surface area (Å²) in [6.07, 6.45) is 0.671. The normalized spacial score (nSPS) is 26.6. The van der Waals surface area contributed by atoms with Crippen molar-refractivity contribution in [2.45, 2.75) is 25.5 Å². The molecule has 1 aromatic rings. The molecule has 2 unspecified atom stereocenters. The number of hydrogen-bond donors (Lipinski definition) is 1. The summed E-state index contributed by atoms with van der Waals surface area (Å²) in [6, 6.07) is 7.75. The topological polar surface area (TPSA) is 58.6 Å². The van der Waals surface area contributed by atoms with Crippen LogP contribution in [0.1, 0.15) is 24.2 Å². The number of carbonyl (C=O) groups excluding carboxylic acids is 2. The highest BCUT2D eigenvalue weighted by Crippen LogP contribution is 2.28. The lowest BCUT2D eigenvalue weighted by molar-refractivity contribution is -0.151. The molecule has 2 aliphatic heterocycles. The SMILES string of the molecule is CC1NCC(=O)N(CC2OCCc3ccccc32)C1=O. The first-order chi connectivity index (χ1) is 9.66. The molecule has 2 amide bonds. The van der Waals surface area contributed by atoms with Gasteiger partial charge in [0.05, 0.1) is 25.7 Å². The lowest BCUT2D eigenvalue weighted by Crippen LogP contribution is -2.58. The lowest BCUT2D eigenvalue weighted by atomic mass is 9.97. The van der Waals surface area contributed by atoms with Gasteiger partial charge in [-0.25, -0.2) is 0 Å². The van der Waals surface area contributed by atoms with Crippen molar-refractivity contribution >= 4 is 11.8 Å². The van der Waals surface area contributed by atoms with Crippen LogP contribution in [-0.2, 0) is 20.7 Å². The fourth-order valence-corrected chi connectivity index (χ4v) is 2.77. The van der Waals surface area contributed by atoms with Crippen molar-refractivity contribution < 1.29 is 14.3 Å². The number of piperazine rings is 1. The van der Waals surface area contributed by atoms with Crippen LogP contribution in [0.15, 0.2) is 24.3 Å². The molecule has 0 spiro atoms. The summed E-state index contributed by atoms with van der Waals surface area (Å²) >= 11 is 0. The first-order valence-electron chi connectivity index (χ1n) is 6.94. The average Bonchev–Trinajstić information content (AvgIpc) is 2.48. The van der Waals surface area contributed by atoms with Crippen LogP contribution in [0.3, 0.4) is 0 Å². The molecule has 0 aromatic heterocycles. The van der Waals surface area contributed by atoms with Gasteiger partial charge in [0.1, 0.15) is 6.10 Å². The molecular formula is C15H18N2O3. The number of nitrogens with zero attached hydrogens (tertiary/aromatic N) is 1. The van der Waals surface area contributed by atoms with E-state index >= 15 is 0 Å². The quantitative estimate of drug-likeness (QED) is 0.804. The number of fused-ring (bicyclic) bond motifs is 1. The lowest BCUT2D eigenvalue weighted by Gasteiger charge is -2.34. The van der Waals surface area contributed by atoms with Gasteiger partial charge in [0.25, 0.3) is 0 Å². The first-order valence-corrected chi connectivity index (χ1v) is 6.94. The van der Waals surface area contributed by atoms with E-state index in [0.29, 0.717) is 13.2 Å². The number of hydrogen-bond acceptors (Lipinski definition) is 4. The van der Waals surface area contributed by atoms with Gasteiger partial charge in [0.15, 0.2) is 0 Å². The number of benzene rings is 1. The molecule has 0 radical (unpaired) electrons. The third kappa shape index (κ3) is 2.34. The molecule has 0 saturated carbocycles. The predicted octanol–water partition coefficient (Wildman–Crippen LogP) is 0.647. The molecule has 1 saturated heterocycles. The summed E-state index contributed by atoms with van der Waals surface area (Å²) in [4.78, 5) is 25.4. The highest BCUT2D eigenvalue weighted by Gasteiger charge is 2.34. The second kappa shape index (κ2) is 5.34. The average molecular weight is 274 g/mol. The molecule has 2 atom stereocenters. The number of ether oxygens (including phenoxy) is 1. The minimum Gasteiger partial charge on any atom is -0.371 e. The fourth-order valence-electron chi connectivity index (χ4n) is 2.77. The van der Waals surface area contributed by atoms with E-state index < -0.39 is 0 Å². The molecule has 3 rings (SSSR count). The maximum absolute atomic E-state index is 12.1. The van der Waals surface area contributed by atoms with Crippen molar-refractivity contribution in [1.82, 2.24) is 10.2 Å². The van der Waals surface area contributed by atoms with Crippen LogP contribution in [0.25, 0.3) is 0 Å². The Labute approximate surface area is 117 Å². The van der Waals surface area contributed by atoms with E-state index in [1.807, 2.05) is 18.2 Å². The predicted molar refractivity (Wildman–Crippen MR) is 73.0 cm³/mol. The van der Waals surface area contributed by atoms with Crippen molar-refractivity contribution in [3.63, 3.8) is 0 Å². The van der Waals surface area contributed by atoms with Gasteiger partial charge in [0.2, 0.25) is 11.8 Å². The largest absolute Gasteiger partial charge is 0.371 e. The summed E-state index contributed by atoms with van der Waals surface area (Å²) < 4.78 is 5.77. The third-order valence-electron chi connectivity index (χ3n) is 3.94. The Morgan fingerprint density at radius 1 is 1.35 bits per heavy atom. The summed E-state index contributed by atoms with van der Waals surface area (Å²) in [5.41, 5.74) is 2.33. The van der Waals surface area contributed by atoms with E-state index in [1.165, 1.54) is 10.5 Å². The Bertz CT molecular complexity index is 544. The smallest absolute Gasteiger partial charge is 0.246 e. The molecule has 0 aliphatic carbocycles. The second-order valence-corrected chi connectivity index (χ2v) is 5.25. The number of amides is 2. The fraction of sp³-hybridized carbons (Fsp3) is 0.467. The van der Waals surface area contributed by atoms with Gasteiger partial charge in [-0.3, -0.25) is 19.8 Å². The third-order valence-corrected chi connectivity index (χ3v) is 3.94. The van der Waals surface area contributed by atoms with E-state index in [4.69, 9.17) is 4.74 Å². The summed E-state index contributed by atoms with van der Waals surface area (Å²) in [6.45, 7) is 2.92. The van der Waals surface area contributed by atoms with Crippen LogP contribution in [0.4, 0.5) is 0 Å². The Morgan fingerprint density at radius 3 is 3.00 bits per heavy atom. The second-order valence-electron chi connectivity index (χ2n) is 5.25. The summed E-state index contributed by atoms with van der Waals surface area (Å²) in [5.74, 6) is -0.354. The Morgan fingerprint density at radius 2 is 2.15 bits per heavy atom. The Hall–Kier alpha value is -1.72. The highest BCUT2D eigenvalue weighted by molar-refractivity contribution is 6.01. The molecule has 2 aliphatic rings. The van der Waals surface area contributed by atoms with Gasteiger partial charge in [-0.05, 0) is 24.5 Å². The first kappa shape index (κ1) is 13.3. The molecule has 1 aromatic carbocycles. The van der Waals surface area contributed by atoms with Crippen molar-refractivity contribution in [2.75, 3.05) is 19.7 Å². The van der Waals surface area contributed by atoms with Crippen LogP contribution in [-0.4, -0.2) is 42.5 Å². The molecule has 1 N–H and O–H groups in total. The number of nitrogens with one attached hydrogen (secondary N) is 1. The standard InChI is InChI=1S/C15H18N2O3/c1-10-15(19)17(14(18)8-16-10)9-13-12-5-3-2-4-11(12)6-7-20-13/h2-5,10,13,16H,6-9H2,1H3. The van der Waals surface area contributed by atoms with E-state index in [0.717, 1.165) is 12.0 Å². The molecule has 1 fully saturated rings. The number of imide groups is 1. The van der Waals surface area contributed by atoms with Crippen LogP contribution >= 0.6 is 0 Å². The molecule has 5 heteroatoms. The molecule has 106 valence electrons. The van der Waals surface area contributed by atoms with E-state index in [1.54, 1.807) is 6.92 Å². The number of carbonyl (C=O) groups is 2. The zero-order valence-corrected chi connectivity index (χ0v) is 11.5. The highest BCUT2D eigenvalue weighted by atomic mass is 16.5. The van der Waals surface area contributed by atoms with E-state index in [9.17, 15) is 9.59 Å². The Kier molecular flexibility index (Phi) is 3.54. The maximum Gasteiger partial charge on any atom is 0.246 e. The molecule has 20 heavy (non-hydrogen) atoms. The zero-order valence-electron chi connectivity index (χ0n) is 11.5. The molecular weight excluding hydrogens is 256 g/mol. The van der Waals surface area contributed by atoms with Crippen molar-refractivity contribution in [3.8, 4) is 0 Å². The van der Waals surface area contributed by atoms with Gasteiger partial charge in [-0.1, -0.05) is 24.3 Å². The molecule has 5 nitrogen and oxygen atoms in total. The number of rotatable bonds is 2. The van der Waals surface area contributed by atoms with Gasteiger partial charge < -0.3 is 4.74 Å². The van der Waals surface area contributed by atoms with Gasteiger partial charge in [-0.15, -0.1) is 0 Å². The minimum atomic E-state index is -0.313. The van der Waals surface area contributed by atoms with E-state index in [2.05, 4.69) is 11.4 Å². The molecule has 0 bridgehead atoms. The monoisotopic (exact) mass is 274 g/mol. The van der Waals surface area contributed by atoms with Crippen LogP contribution < -0.4 is 5.32 Å². The van der Waals surface area contributed by atoms with Gasteiger partial charge in [0, 0.05) is 0 Å². The van der Waals surface area contributed by atoms with Crippen molar-refractivity contribution in [1.29, 1.82) is 0 Å². The van der Waals surface area contributed by atoms with Crippen LogP contribution in [0.5, 0.6) is 0 Å². The Balaban J connectivity index is 1.81. The van der Waals surface area contributed by atoms with Gasteiger partial charge >= 0.3 is 0 Å². The van der Waals surface area contributed by atoms with Crippen LogP contribution in [0.2, 0.25) is 0 Å². The van der Waals surface area contributed by atoms with Crippen molar-refractivity contribution in [3.05, 3.63) is 35.4 Å². The maximum atomic E-state index is 12.1. The summed E-state index contributed by atoms with van der Waals surface area (Å²) in [5, 5.41) is 2.89. The summed E-state index contributed by atoms with van der Waals surface area (Å²) in [7, 11) is 0. The van der Waals surface area contributed by atoms with Gasteiger partial charge in [-0.2, -0.15) is 0 Å².